The number of aryl methyl sites for hydroxylation is 1. The Balaban J connectivity index is 1.41. The molecule has 4 rings (SSSR count). The molecule has 0 aliphatic heterocycles. The van der Waals surface area contributed by atoms with Crippen molar-refractivity contribution >= 4 is 33.9 Å². The molecule has 4 aromatic rings. The van der Waals surface area contributed by atoms with Gasteiger partial charge in [-0.25, -0.2) is 9.97 Å². The predicted octanol–water partition coefficient (Wildman–Crippen LogP) is 4.73. The number of anilines is 4. The largest absolute Gasteiger partial charge is 0.378 e. The molecule has 6 heteroatoms. The van der Waals surface area contributed by atoms with E-state index >= 15 is 0 Å². The molecule has 3 N–H and O–H groups in total. The van der Waals surface area contributed by atoms with Crippen molar-refractivity contribution in [2.75, 3.05) is 36.2 Å². The highest BCUT2D eigenvalue weighted by Crippen LogP contribution is 2.21. The van der Waals surface area contributed by atoms with Crippen molar-refractivity contribution in [3.63, 3.8) is 0 Å². The first-order valence-electron chi connectivity index (χ1n) is 9.77. The summed E-state index contributed by atoms with van der Waals surface area (Å²) >= 11 is 0. The second kappa shape index (κ2) is 8.22. The van der Waals surface area contributed by atoms with Crippen molar-refractivity contribution in [2.45, 2.75) is 13.3 Å². The monoisotopic (exact) mass is 386 g/mol. The van der Waals surface area contributed by atoms with E-state index in [2.05, 4.69) is 79.1 Å². The van der Waals surface area contributed by atoms with Gasteiger partial charge in [-0.1, -0.05) is 18.2 Å². The van der Waals surface area contributed by atoms with Gasteiger partial charge in [0, 0.05) is 55.2 Å². The van der Waals surface area contributed by atoms with Gasteiger partial charge in [-0.2, -0.15) is 0 Å². The summed E-state index contributed by atoms with van der Waals surface area (Å²) in [6.07, 6.45) is 3.00. The second-order valence-electron chi connectivity index (χ2n) is 7.29. The fourth-order valence-electron chi connectivity index (χ4n) is 3.38. The van der Waals surface area contributed by atoms with Gasteiger partial charge in [0.25, 0.3) is 0 Å². The van der Waals surface area contributed by atoms with Crippen molar-refractivity contribution in [1.82, 2.24) is 15.0 Å². The molecule has 29 heavy (non-hydrogen) atoms. The van der Waals surface area contributed by atoms with Crippen LogP contribution in [-0.2, 0) is 6.42 Å². The lowest BCUT2D eigenvalue weighted by atomic mass is 10.1. The first-order valence-corrected chi connectivity index (χ1v) is 9.77. The van der Waals surface area contributed by atoms with E-state index in [4.69, 9.17) is 0 Å². The summed E-state index contributed by atoms with van der Waals surface area (Å²) in [5.41, 5.74) is 4.64. The maximum absolute atomic E-state index is 4.52. The number of hydrogen-bond donors (Lipinski definition) is 3. The van der Waals surface area contributed by atoms with Crippen molar-refractivity contribution in [3.05, 3.63) is 72.2 Å². The number of hydrogen-bond acceptors (Lipinski definition) is 5. The summed E-state index contributed by atoms with van der Waals surface area (Å²) in [4.78, 5) is 14.4. The third-order valence-electron chi connectivity index (χ3n) is 4.87. The maximum Gasteiger partial charge on any atom is 0.136 e. The fraction of sp³-hybridized carbons (Fsp3) is 0.217. The lowest BCUT2D eigenvalue weighted by molar-refractivity contribution is 0.988. The number of benzene rings is 2. The van der Waals surface area contributed by atoms with E-state index in [0.717, 1.165) is 41.8 Å². The van der Waals surface area contributed by atoms with Crippen LogP contribution < -0.4 is 15.5 Å². The minimum absolute atomic E-state index is 0.731. The number of nitrogens with zero attached hydrogens (tertiary/aromatic N) is 3. The van der Waals surface area contributed by atoms with Crippen LogP contribution in [0.5, 0.6) is 0 Å². The summed E-state index contributed by atoms with van der Waals surface area (Å²) < 4.78 is 0. The molecule has 6 nitrogen and oxygen atoms in total. The number of fused-ring (bicyclic) bond motifs is 1. The van der Waals surface area contributed by atoms with Crippen molar-refractivity contribution in [1.29, 1.82) is 0 Å². The van der Waals surface area contributed by atoms with Crippen molar-refractivity contribution in [3.8, 4) is 0 Å². The minimum Gasteiger partial charge on any atom is -0.378 e. The molecule has 0 atom stereocenters. The third-order valence-corrected chi connectivity index (χ3v) is 4.87. The molecule has 0 fully saturated rings. The van der Waals surface area contributed by atoms with Gasteiger partial charge in [0.05, 0.1) is 0 Å². The Bertz CT molecular complexity index is 1100. The van der Waals surface area contributed by atoms with Crippen LogP contribution in [0.4, 0.5) is 23.0 Å². The molecule has 0 aliphatic rings. The lowest BCUT2D eigenvalue weighted by Gasteiger charge is -2.14. The maximum atomic E-state index is 4.52. The number of para-hydroxylation sites is 1. The van der Waals surface area contributed by atoms with Gasteiger partial charge in [-0.15, -0.1) is 0 Å². The Hall–Kier alpha value is -3.54. The highest BCUT2D eigenvalue weighted by molar-refractivity contribution is 5.83. The molecule has 0 unspecified atom stereocenters. The SMILES string of the molecule is Cc1nc(NCCc2c[nH]c3ccccc23)cc(Nc2ccc(N(C)C)cc2)n1. The molecule has 148 valence electrons. The highest BCUT2D eigenvalue weighted by atomic mass is 15.1. The summed E-state index contributed by atoms with van der Waals surface area (Å²) in [7, 11) is 4.06. The van der Waals surface area contributed by atoms with Crippen molar-refractivity contribution in [2.24, 2.45) is 0 Å². The lowest BCUT2D eigenvalue weighted by Crippen LogP contribution is -2.09. The van der Waals surface area contributed by atoms with Crippen LogP contribution in [0.3, 0.4) is 0 Å². The quantitative estimate of drug-likeness (QED) is 0.428. The highest BCUT2D eigenvalue weighted by Gasteiger charge is 2.05. The Morgan fingerprint density at radius 3 is 2.52 bits per heavy atom. The molecule has 0 saturated heterocycles. The summed E-state index contributed by atoms with van der Waals surface area (Å²) in [6, 6.07) is 18.6. The normalized spacial score (nSPS) is 10.9. The number of H-pyrrole nitrogens is 1. The van der Waals surface area contributed by atoms with E-state index in [9.17, 15) is 0 Å². The summed E-state index contributed by atoms with van der Waals surface area (Å²) in [5, 5.41) is 8.07. The molecule has 2 aromatic carbocycles. The fourth-order valence-corrected chi connectivity index (χ4v) is 3.38. The van der Waals surface area contributed by atoms with Crippen LogP contribution >= 0.6 is 0 Å². The van der Waals surface area contributed by atoms with Gasteiger partial charge >= 0.3 is 0 Å². The molecule has 0 bridgehead atoms. The first kappa shape index (κ1) is 18.8. The zero-order valence-electron chi connectivity index (χ0n) is 17.0. The van der Waals surface area contributed by atoms with E-state index in [1.54, 1.807) is 0 Å². The van der Waals surface area contributed by atoms with Gasteiger partial charge in [-0.05, 0) is 49.2 Å². The van der Waals surface area contributed by atoms with Crippen LogP contribution in [0.25, 0.3) is 10.9 Å². The Kier molecular flexibility index (Phi) is 5.33. The molecule has 2 aromatic heterocycles. The number of rotatable bonds is 7. The zero-order valence-corrected chi connectivity index (χ0v) is 17.0. The van der Waals surface area contributed by atoms with Gasteiger partial charge in [0.2, 0.25) is 0 Å². The van der Waals surface area contributed by atoms with E-state index in [0.29, 0.717) is 0 Å². The van der Waals surface area contributed by atoms with Gasteiger partial charge in [0.1, 0.15) is 17.5 Å². The minimum atomic E-state index is 0.731. The molecule has 2 heterocycles. The van der Waals surface area contributed by atoms with Gasteiger partial charge in [-0.3, -0.25) is 0 Å². The Morgan fingerprint density at radius 1 is 0.966 bits per heavy atom. The van der Waals surface area contributed by atoms with Gasteiger partial charge < -0.3 is 20.5 Å². The average molecular weight is 387 g/mol. The van der Waals surface area contributed by atoms with Crippen LogP contribution in [0.2, 0.25) is 0 Å². The van der Waals surface area contributed by atoms with Gasteiger partial charge in [0.15, 0.2) is 0 Å². The van der Waals surface area contributed by atoms with Crippen molar-refractivity contribution < 1.29 is 0 Å². The molecule has 0 aliphatic carbocycles. The topological polar surface area (TPSA) is 68.9 Å². The van der Waals surface area contributed by atoms with Crippen LogP contribution in [0, 0.1) is 6.92 Å². The second-order valence-corrected chi connectivity index (χ2v) is 7.29. The molecule has 0 radical (unpaired) electrons. The smallest absolute Gasteiger partial charge is 0.136 e. The molecule has 0 amide bonds. The summed E-state index contributed by atoms with van der Waals surface area (Å²) in [6.45, 7) is 2.71. The standard InChI is InChI=1S/C23H26N6/c1-16-26-22(24-13-12-17-15-25-21-7-5-4-6-20(17)21)14-23(27-16)28-18-8-10-19(11-9-18)29(2)3/h4-11,14-15,25H,12-13H2,1-3H3,(H2,24,26,27,28). The Morgan fingerprint density at radius 2 is 1.72 bits per heavy atom. The summed E-state index contributed by atoms with van der Waals surface area (Å²) in [5.74, 6) is 2.34. The van der Waals surface area contributed by atoms with E-state index in [-0.39, 0.29) is 0 Å². The molecular weight excluding hydrogens is 360 g/mol. The number of aromatic amines is 1. The van der Waals surface area contributed by atoms with Crippen LogP contribution in [-0.4, -0.2) is 35.6 Å². The number of aromatic nitrogens is 3. The molecular formula is C23H26N6. The van der Waals surface area contributed by atoms with E-state index < -0.39 is 0 Å². The molecule has 0 spiro atoms. The van der Waals surface area contributed by atoms with E-state index in [1.807, 2.05) is 33.2 Å². The molecule has 0 saturated carbocycles. The van der Waals surface area contributed by atoms with Crippen LogP contribution in [0.15, 0.2) is 60.8 Å². The van der Waals surface area contributed by atoms with Crippen LogP contribution in [0.1, 0.15) is 11.4 Å². The first-order chi connectivity index (χ1) is 14.1. The predicted molar refractivity (Wildman–Crippen MR) is 121 cm³/mol. The average Bonchev–Trinajstić information content (AvgIpc) is 3.11. The third kappa shape index (κ3) is 4.48. The zero-order chi connectivity index (χ0) is 20.2. The number of nitrogens with one attached hydrogen (secondary N) is 3. The van der Waals surface area contributed by atoms with E-state index in [1.165, 1.54) is 16.5 Å². The Labute approximate surface area is 171 Å².